The first-order valence-corrected chi connectivity index (χ1v) is 22.2. The van der Waals surface area contributed by atoms with Crippen molar-refractivity contribution in [1.82, 2.24) is 0 Å². The van der Waals surface area contributed by atoms with E-state index in [0.29, 0.717) is 5.69 Å². The van der Waals surface area contributed by atoms with Gasteiger partial charge in [-0.2, -0.15) is 0 Å². The molecule has 2 aliphatic rings. The van der Waals surface area contributed by atoms with Gasteiger partial charge in [-0.15, -0.1) is 0 Å². The Balaban J connectivity index is 1.34. The zero-order chi connectivity index (χ0) is 53.2. The molecule has 9 aromatic carbocycles. The zero-order valence-electron chi connectivity index (χ0n) is 47.4. The van der Waals surface area contributed by atoms with Crippen molar-refractivity contribution >= 4 is 57.2 Å². The molecule has 0 atom stereocenters. The molecule has 11 rings (SSSR count). The predicted molar refractivity (Wildman–Crippen MR) is 280 cm³/mol. The van der Waals surface area contributed by atoms with Crippen molar-refractivity contribution in [3.63, 3.8) is 0 Å². The number of nitrogens with zero attached hydrogens (tertiary/aromatic N) is 2. The Morgan fingerprint density at radius 2 is 0.862 bits per heavy atom. The van der Waals surface area contributed by atoms with Crippen LogP contribution in [0.2, 0.25) is 0 Å². The van der Waals surface area contributed by atoms with E-state index in [9.17, 15) is 5.48 Å². The highest BCUT2D eigenvalue weighted by molar-refractivity contribution is 7.00. The number of anilines is 6. The van der Waals surface area contributed by atoms with Crippen molar-refractivity contribution < 1.29 is 13.7 Å². The Morgan fingerprint density at radius 3 is 1.43 bits per heavy atom. The highest BCUT2D eigenvalue weighted by Crippen LogP contribution is 2.51. The van der Waals surface area contributed by atoms with Gasteiger partial charge in [0, 0.05) is 39.6 Å². The summed E-state index contributed by atoms with van der Waals surface area (Å²) >= 11 is 0. The highest BCUT2D eigenvalue weighted by atomic mass is 15.2. The third-order valence-electron chi connectivity index (χ3n) is 12.9. The SMILES string of the molecule is [2H]c1c([2H])c([2H])c(-c2cccc(-c3c([2H])c([2H])c([2H])c([2H])c3[2H])c2N2c3cc(C(C)(C)C)ccc3B3c4ccc(-c5ccccc5)cc4N(c4cccc(-c5ccccc5)c4)c4cc(C(C)(C)C)cc2c43)c([2H])c1[2H]. The summed E-state index contributed by atoms with van der Waals surface area (Å²) < 4.78 is 90.9. The molecule has 0 fully saturated rings. The second kappa shape index (κ2) is 15.7. The average Bonchev–Trinajstić information content (AvgIpc) is 3.41. The van der Waals surface area contributed by atoms with E-state index in [-0.39, 0.29) is 34.4 Å². The molecule has 2 heterocycles. The summed E-state index contributed by atoms with van der Waals surface area (Å²) in [7, 11) is 0. The van der Waals surface area contributed by atoms with Crippen LogP contribution in [0, 0.1) is 0 Å². The first kappa shape index (κ1) is 30.7. The van der Waals surface area contributed by atoms with Gasteiger partial charge in [0.1, 0.15) is 0 Å². The molecule has 0 saturated heterocycles. The molecule has 0 aromatic heterocycles. The molecule has 65 heavy (non-hydrogen) atoms. The summed E-state index contributed by atoms with van der Waals surface area (Å²) in [5.74, 6) is 0. The molecule has 0 unspecified atom stereocenters. The van der Waals surface area contributed by atoms with Gasteiger partial charge in [-0.25, -0.2) is 0 Å². The maximum Gasteiger partial charge on any atom is 0.252 e. The molecule has 2 nitrogen and oxygen atoms in total. The lowest BCUT2D eigenvalue weighted by Gasteiger charge is -2.46. The van der Waals surface area contributed by atoms with Gasteiger partial charge in [-0.1, -0.05) is 217 Å². The number of hydrogen-bond donors (Lipinski definition) is 0. The van der Waals surface area contributed by atoms with E-state index in [0.717, 1.165) is 78.2 Å². The summed E-state index contributed by atoms with van der Waals surface area (Å²) in [6.45, 7) is 12.6. The van der Waals surface area contributed by atoms with Crippen LogP contribution in [-0.2, 0) is 10.8 Å². The standard InChI is InChI=1S/C62H53BN2/c1-61(2,3)48-34-36-54-56(39-48)65(60-51(44-25-15-9-16-26-44)31-20-32-52(60)45-27-17-10-18-28-45)58-41-49(62(4,5)6)40-57-59(58)63(54)53-35-33-47(43-23-13-8-14-24-43)38-55(53)64(57)50-30-19-29-46(37-50)42-21-11-7-12-22-42/h7-41H,1-6H3/i9D,10D,15D,16D,17D,18D,25D,26D,27D,28D. The Labute approximate surface area is 399 Å². The van der Waals surface area contributed by atoms with E-state index < -0.39 is 65.8 Å². The van der Waals surface area contributed by atoms with E-state index in [1.54, 1.807) is 18.2 Å². The van der Waals surface area contributed by atoms with Crippen molar-refractivity contribution in [2.75, 3.05) is 9.80 Å². The topological polar surface area (TPSA) is 6.48 Å². The van der Waals surface area contributed by atoms with Gasteiger partial charge in [0.25, 0.3) is 6.71 Å². The highest BCUT2D eigenvalue weighted by Gasteiger charge is 2.45. The minimum absolute atomic E-state index is 0.0835. The second-order valence-corrected chi connectivity index (χ2v) is 19.1. The molecular weight excluding hydrogens is 784 g/mol. The monoisotopic (exact) mass is 846 g/mol. The smallest absolute Gasteiger partial charge is 0.252 e. The summed E-state index contributed by atoms with van der Waals surface area (Å²) in [5.41, 5.74) is 13.2. The van der Waals surface area contributed by atoms with Crippen LogP contribution in [0.1, 0.15) is 66.4 Å². The normalized spacial score (nSPS) is 15.1. The lowest BCUT2D eigenvalue weighted by atomic mass is 9.33. The summed E-state index contributed by atoms with van der Waals surface area (Å²) in [6, 6.07) is 47.1. The quantitative estimate of drug-likeness (QED) is 0.154. The van der Waals surface area contributed by atoms with Crippen LogP contribution >= 0.6 is 0 Å². The minimum atomic E-state index is -0.546. The maximum atomic E-state index is 9.47. The third kappa shape index (κ3) is 7.07. The molecule has 314 valence electrons. The van der Waals surface area contributed by atoms with Crippen LogP contribution in [-0.4, -0.2) is 6.71 Å². The molecular formula is C62H53BN2. The molecule has 0 N–H and O–H groups in total. The molecule has 0 saturated carbocycles. The Hall–Kier alpha value is -7.36. The summed E-state index contributed by atoms with van der Waals surface area (Å²) in [4.78, 5) is 4.44. The van der Waals surface area contributed by atoms with E-state index in [2.05, 4.69) is 148 Å². The van der Waals surface area contributed by atoms with Crippen LogP contribution in [0.25, 0.3) is 44.5 Å². The number of rotatable bonds is 6. The lowest BCUT2D eigenvalue weighted by Crippen LogP contribution is -2.61. The van der Waals surface area contributed by atoms with Gasteiger partial charge in [0.05, 0.1) is 19.4 Å². The third-order valence-corrected chi connectivity index (χ3v) is 12.9. The molecule has 9 aromatic rings. The first-order chi connectivity index (χ1) is 35.7. The Kier molecular flexibility index (Phi) is 7.42. The van der Waals surface area contributed by atoms with Crippen molar-refractivity contribution in [3.05, 3.63) is 223 Å². The fourth-order valence-electron chi connectivity index (χ4n) is 9.63. The lowest BCUT2D eigenvalue weighted by molar-refractivity contribution is 0.590. The minimum Gasteiger partial charge on any atom is -0.311 e. The first-order valence-electron chi connectivity index (χ1n) is 27.2. The summed E-state index contributed by atoms with van der Waals surface area (Å²) in [6.07, 6.45) is 0. The van der Waals surface area contributed by atoms with Crippen LogP contribution < -0.4 is 26.2 Å². The van der Waals surface area contributed by atoms with Gasteiger partial charge in [0.2, 0.25) is 0 Å². The fourth-order valence-corrected chi connectivity index (χ4v) is 9.63. The van der Waals surface area contributed by atoms with E-state index in [1.165, 1.54) is 0 Å². The Morgan fingerprint density at radius 1 is 0.385 bits per heavy atom. The van der Waals surface area contributed by atoms with Crippen molar-refractivity contribution in [2.45, 2.75) is 52.4 Å². The average molecular weight is 847 g/mol. The molecule has 0 amide bonds. The fraction of sp³-hybridized carbons (Fsp3) is 0.129. The maximum absolute atomic E-state index is 9.47. The van der Waals surface area contributed by atoms with Gasteiger partial charge in [-0.3, -0.25) is 0 Å². The molecule has 3 heteroatoms. The molecule has 0 radical (unpaired) electrons. The summed E-state index contributed by atoms with van der Waals surface area (Å²) in [5, 5.41) is 0. The molecule has 0 bridgehead atoms. The van der Waals surface area contributed by atoms with Crippen molar-refractivity contribution in [1.29, 1.82) is 0 Å². The Bertz CT molecular complexity index is 3680. The van der Waals surface area contributed by atoms with Crippen LogP contribution in [0.5, 0.6) is 0 Å². The van der Waals surface area contributed by atoms with Gasteiger partial charge < -0.3 is 9.80 Å². The molecule has 2 aliphatic heterocycles. The zero-order valence-corrected chi connectivity index (χ0v) is 37.4. The van der Waals surface area contributed by atoms with E-state index in [4.69, 9.17) is 8.22 Å². The number of benzene rings is 9. The van der Waals surface area contributed by atoms with E-state index in [1.807, 2.05) is 36.4 Å². The second-order valence-electron chi connectivity index (χ2n) is 19.1. The van der Waals surface area contributed by atoms with Crippen LogP contribution in [0.3, 0.4) is 0 Å². The largest absolute Gasteiger partial charge is 0.311 e. The predicted octanol–water partition coefficient (Wildman–Crippen LogP) is 15.0. The molecule has 0 spiro atoms. The van der Waals surface area contributed by atoms with Gasteiger partial charge in [-0.05, 0) is 108 Å². The van der Waals surface area contributed by atoms with Gasteiger partial charge >= 0.3 is 0 Å². The molecule has 0 aliphatic carbocycles. The number of hydrogen-bond acceptors (Lipinski definition) is 2. The van der Waals surface area contributed by atoms with Gasteiger partial charge in [0.15, 0.2) is 0 Å². The number of para-hydroxylation sites is 1. The number of fused-ring (bicyclic) bond motifs is 4. The van der Waals surface area contributed by atoms with Crippen LogP contribution in [0.4, 0.5) is 34.1 Å². The van der Waals surface area contributed by atoms with E-state index >= 15 is 0 Å². The van der Waals surface area contributed by atoms with Crippen molar-refractivity contribution in [2.24, 2.45) is 0 Å². The van der Waals surface area contributed by atoms with Crippen molar-refractivity contribution in [3.8, 4) is 44.5 Å². The van der Waals surface area contributed by atoms with Crippen LogP contribution in [0.15, 0.2) is 212 Å².